The molecule has 0 aliphatic carbocycles. The third-order valence-electron chi connectivity index (χ3n) is 3.12. The van der Waals surface area contributed by atoms with Crippen molar-refractivity contribution in [3.05, 3.63) is 40.4 Å². The van der Waals surface area contributed by atoms with Gasteiger partial charge < -0.3 is 4.74 Å². The maximum Gasteiger partial charge on any atom is 0.316 e. The van der Waals surface area contributed by atoms with Crippen molar-refractivity contribution >= 4 is 55.2 Å². The van der Waals surface area contributed by atoms with Gasteiger partial charge in [0, 0.05) is 15.4 Å². The molecule has 2 heterocycles. The van der Waals surface area contributed by atoms with E-state index in [2.05, 4.69) is 43.4 Å². The van der Waals surface area contributed by atoms with Gasteiger partial charge in [-0.2, -0.15) is 0 Å². The van der Waals surface area contributed by atoms with Gasteiger partial charge in [-0.3, -0.25) is 4.79 Å². The van der Waals surface area contributed by atoms with Gasteiger partial charge in [-0.15, -0.1) is 11.3 Å². The van der Waals surface area contributed by atoms with Crippen LogP contribution in [-0.2, 0) is 9.53 Å². The molecular formula is C16H13BrN2O2S2. The van der Waals surface area contributed by atoms with E-state index >= 15 is 0 Å². The molecule has 0 atom stereocenters. The Balaban J connectivity index is 1.97. The van der Waals surface area contributed by atoms with Crippen LogP contribution in [0.5, 0.6) is 0 Å². The minimum Gasteiger partial charge on any atom is -0.465 e. The van der Waals surface area contributed by atoms with Crippen molar-refractivity contribution in [3.8, 4) is 11.1 Å². The fraction of sp³-hybridized carbons (Fsp3) is 0.188. The summed E-state index contributed by atoms with van der Waals surface area (Å²) in [4.78, 5) is 21.2. The van der Waals surface area contributed by atoms with Crippen molar-refractivity contribution in [2.75, 3.05) is 12.4 Å². The van der Waals surface area contributed by atoms with Gasteiger partial charge >= 0.3 is 5.97 Å². The second kappa shape index (κ2) is 7.42. The molecular weight excluding hydrogens is 396 g/mol. The van der Waals surface area contributed by atoms with E-state index in [9.17, 15) is 4.79 Å². The van der Waals surface area contributed by atoms with Crippen LogP contribution >= 0.6 is 39.0 Å². The number of nitrogens with zero attached hydrogens (tertiary/aromatic N) is 2. The lowest BCUT2D eigenvalue weighted by molar-refractivity contribution is -0.139. The van der Waals surface area contributed by atoms with Gasteiger partial charge in [-0.25, -0.2) is 9.97 Å². The fourth-order valence-corrected chi connectivity index (χ4v) is 4.18. The SMILES string of the molecule is CCOC(=O)CSc1ncnc2scc(-c3ccc(Br)cc3)c12. The van der Waals surface area contributed by atoms with Crippen LogP contribution in [0.3, 0.4) is 0 Å². The van der Waals surface area contributed by atoms with Crippen LogP contribution in [0.2, 0.25) is 0 Å². The number of esters is 1. The lowest BCUT2D eigenvalue weighted by Gasteiger charge is -2.05. The summed E-state index contributed by atoms with van der Waals surface area (Å²) in [6, 6.07) is 8.12. The summed E-state index contributed by atoms with van der Waals surface area (Å²) >= 11 is 6.42. The maximum absolute atomic E-state index is 11.6. The van der Waals surface area contributed by atoms with Gasteiger partial charge in [0.2, 0.25) is 0 Å². The Morgan fingerprint density at radius 3 is 2.83 bits per heavy atom. The molecule has 0 saturated carbocycles. The van der Waals surface area contributed by atoms with E-state index in [0.717, 1.165) is 30.8 Å². The van der Waals surface area contributed by atoms with E-state index in [1.54, 1.807) is 18.3 Å². The summed E-state index contributed by atoms with van der Waals surface area (Å²) in [7, 11) is 0. The maximum atomic E-state index is 11.6. The Kier molecular flexibility index (Phi) is 5.30. The number of thioether (sulfide) groups is 1. The third kappa shape index (κ3) is 3.73. The van der Waals surface area contributed by atoms with E-state index < -0.39 is 0 Å². The van der Waals surface area contributed by atoms with E-state index in [0.29, 0.717) is 6.61 Å². The average Bonchev–Trinajstić information content (AvgIpc) is 2.98. The highest BCUT2D eigenvalue weighted by molar-refractivity contribution is 9.10. The molecule has 3 rings (SSSR count). The Morgan fingerprint density at radius 2 is 2.09 bits per heavy atom. The molecule has 1 aromatic carbocycles. The summed E-state index contributed by atoms with van der Waals surface area (Å²) < 4.78 is 6.02. The average molecular weight is 409 g/mol. The molecule has 0 radical (unpaired) electrons. The van der Waals surface area contributed by atoms with Crippen molar-refractivity contribution in [1.82, 2.24) is 9.97 Å². The van der Waals surface area contributed by atoms with Crippen molar-refractivity contribution in [2.24, 2.45) is 0 Å². The van der Waals surface area contributed by atoms with Crippen molar-refractivity contribution in [1.29, 1.82) is 0 Å². The molecule has 4 nitrogen and oxygen atoms in total. The normalized spacial score (nSPS) is 10.9. The molecule has 0 saturated heterocycles. The number of benzene rings is 1. The number of thiophene rings is 1. The molecule has 0 unspecified atom stereocenters. The molecule has 23 heavy (non-hydrogen) atoms. The Bertz CT molecular complexity index is 834. The number of rotatable bonds is 5. The largest absolute Gasteiger partial charge is 0.465 e. The molecule has 0 spiro atoms. The predicted octanol–water partition coefficient (Wildman–Crippen LogP) is 4.78. The zero-order chi connectivity index (χ0) is 16.2. The van der Waals surface area contributed by atoms with Crippen molar-refractivity contribution < 1.29 is 9.53 Å². The number of carbonyl (C=O) groups excluding carboxylic acids is 1. The van der Waals surface area contributed by atoms with Crippen LogP contribution in [0.4, 0.5) is 0 Å². The number of halogens is 1. The molecule has 0 bridgehead atoms. The zero-order valence-electron chi connectivity index (χ0n) is 12.3. The van der Waals surface area contributed by atoms with Gasteiger partial charge in [0.05, 0.1) is 17.7 Å². The van der Waals surface area contributed by atoms with Crippen molar-refractivity contribution in [2.45, 2.75) is 11.9 Å². The monoisotopic (exact) mass is 408 g/mol. The smallest absolute Gasteiger partial charge is 0.316 e. The standard InChI is InChI=1S/C16H13BrN2O2S2/c1-2-21-13(20)8-23-16-14-12(7-22-15(14)18-9-19-16)10-3-5-11(17)6-4-10/h3-7,9H,2,8H2,1H3. The Labute approximate surface area is 150 Å². The number of carbonyl (C=O) groups is 1. The highest BCUT2D eigenvalue weighted by Gasteiger charge is 2.15. The first-order chi connectivity index (χ1) is 11.2. The molecule has 0 amide bonds. The van der Waals surface area contributed by atoms with Crippen molar-refractivity contribution in [3.63, 3.8) is 0 Å². The highest BCUT2D eigenvalue weighted by Crippen LogP contribution is 2.38. The van der Waals surface area contributed by atoms with Crippen LogP contribution in [0.25, 0.3) is 21.3 Å². The van der Waals surface area contributed by atoms with Crippen LogP contribution in [0.1, 0.15) is 6.92 Å². The number of fused-ring (bicyclic) bond motifs is 1. The summed E-state index contributed by atoms with van der Waals surface area (Å²) in [6.07, 6.45) is 1.54. The molecule has 7 heteroatoms. The lowest BCUT2D eigenvalue weighted by Crippen LogP contribution is -2.06. The summed E-state index contributed by atoms with van der Waals surface area (Å²) in [6.45, 7) is 2.19. The fourth-order valence-electron chi connectivity index (χ4n) is 2.13. The van der Waals surface area contributed by atoms with E-state index in [-0.39, 0.29) is 11.7 Å². The zero-order valence-corrected chi connectivity index (χ0v) is 15.5. The second-order valence-corrected chi connectivity index (χ2v) is 7.35. The van der Waals surface area contributed by atoms with Gasteiger partial charge in [0.15, 0.2) is 0 Å². The molecule has 0 aliphatic rings. The number of aromatic nitrogens is 2. The lowest BCUT2D eigenvalue weighted by atomic mass is 10.1. The molecule has 2 aromatic heterocycles. The summed E-state index contributed by atoms with van der Waals surface area (Å²) in [5, 5.41) is 3.88. The molecule has 0 fully saturated rings. The number of hydrogen-bond donors (Lipinski definition) is 0. The Hall–Kier alpha value is -1.44. The number of ether oxygens (including phenoxy) is 1. The second-order valence-electron chi connectivity index (χ2n) is 4.61. The summed E-state index contributed by atoms with van der Waals surface area (Å²) in [5.74, 6) is 0.0138. The molecule has 118 valence electrons. The minimum absolute atomic E-state index is 0.232. The first kappa shape index (κ1) is 16.4. The predicted molar refractivity (Wildman–Crippen MR) is 97.9 cm³/mol. The van der Waals surface area contributed by atoms with Crippen LogP contribution < -0.4 is 0 Å². The van der Waals surface area contributed by atoms with Crippen LogP contribution in [0, 0.1) is 0 Å². The molecule has 0 N–H and O–H groups in total. The minimum atomic E-state index is -0.232. The van der Waals surface area contributed by atoms with Gasteiger partial charge in [-0.1, -0.05) is 39.8 Å². The number of hydrogen-bond acceptors (Lipinski definition) is 6. The first-order valence-corrected chi connectivity index (χ1v) is 9.61. The van der Waals surface area contributed by atoms with Gasteiger partial charge in [-0.05, 0) is 24.6 Å². The highest BCUT2D eigenvalue weighted by atomic mass is 79.9. The topological polar surface area (TPSA) is 52.1 Å². The van der Waals surface area contributed by atoms with Gasteiger partial charge in [0.1, 0.15) is 16.2 Å². The summed E-state index contributed by atoms with van der Waals surface area (Å²) in [5.41, 5.74) is 2.19. The molecule has 3 aromatic rings. The quantitative estimate of drug-likeness (QED) is 0.345. The van der Waals surface area contributed by atoms with E-state index in [1.807, 2.05) is 12.1 Å². The van der Waals surface area contributed by atoms with Crippen LogP contribution in [-0.4, -0.2) is 28.3 Å². The van der Waals surface area contributed by atoms with E-state index in [1.165, 1.54) is 18.1 Å². The van der Waals surface area contributed by atoms with Crippen LogP contribution in [0.15, 0.2) is 45.5 Å². The molecule has 0 aliphatic heterocycles. The van der Waals surface area contributed by atoms with E-state index in [4.69, 9.17) is 4.74 Å². The first-order valence-electron chi connectivity index (χ1n) is 6.95. The van der Waals surface area contributed by atoms with Gasteiger partial charge in [0.25, 0.3) is 0 Å². The third-order valence-corrected chi connectivity index (χ3v) is 5.50. The Morgan fingerprint density at radius 1 is 1.30 bits per heavy atom.